The molecule has 0 bridgehead atoms. The summed E-state index contributed by atoms with van der Waals surface area (Å²) in [7, 11) is 0. The summed E-state index contributed by atoms with van der Waals surface area (Å²) in [5.41, 5.74) is -1.48. The van der Waals surface area contributed by atoms with Crippen molar-refractivity contribution in [2.75, 3.05) is 0 Å². The highest BCUT2D eigenvalue weighted by molar-refractivity contribution is 6.33. The Bertz CT molecular complexity index is 514. The quantitative estimate of drug-likeness (QED) is 0.655. The molecule has 0 radical (unpaired) electrons. The number of hydrogen-bond acceptors (Lipinski definition) is 4. The third-order valence-corrected chi connectivity index (χ3v) is 3.20. The Hall–Kier alpha value is -1.66. The predicted octanol–water partition coefficient (Wildman–Crippen LogP) is 2.14. The van der Waals surface area contributed by atoms with Crippen LogP contribution in [0.2, 0.25) is 5.02 Å². The molecule has 7 heteroatoms. The number of benzene rings is 1. The Balaban J connectivity index is 3.15. The van der Waals surface area contributed by atoms with Crippen molar-refractivity contribution in [2.24, 2.45) is 0 Å². The summed E-state index contributed by atoms with van der Waals surface area (Å²) in [5.74, 6) is -0.653. The van der Waals surface area contributed by atoms with Crippen LogP contribution in [0.4, 0.5) is 5.69 Å². The van der Waals surface area contributed by atoms with Crippen LogP contribution < -0.4 is 5.32 Å². The number of nitro groups is 1. The molecule has 1 aromatic carbocycles. The van der Waals surface area contributed by atoms with E-state index in [9.17, 15) is 20.0 Å². The largest absolute Gasteiger partial charge is 0.391 e. The van der Waals surface area contributed by atoms with Gasteiger partial charge in [0.2, 0.25) is 0 Å². The molecule has 2 N–H and O–H groups in total. The Morgan fingerprint density at radius 2 is 2.11 bits per heavy atom. The predicted molar refractivity (Wildman–Crippen MR) is 71.3 cm³/mol. The number of nitro benzene ring substituents is 1. The van der Waals surface area contributed by atoms with E-state index in [1.807, 2.05) is 0 Å². The number of nitrogens with one attached hydrogen (secondary N) is 1. The Labute approximate surface area is 115 Å². The van der Waals surface area contributed by atoms with Gasteiger partial charge in [0.15, 0.2) is 0 Å². The van der Waals surface area contributed by atoms with Crippen LogP contribution in [0.15, 0.2) is 18.2 Å². The monoisotopic (exact) mass is 286 g/mol. The fraction of sp³-hybridized carbons (Fsp3) is 0.417. The van der Waals surface area contributed by atoms with E-state index >= 15 is 0 Å². The summed E-state index contributed by atoms with van der Waals surface area (Å²) in [6.45, 7) is 4.75. The number of amides is 1. The van der Waals surface area contributed by atoms with Gasteiger partial charge < -0.3 is 10.4 Å². The van der Waals surface area contributed by atoms with Crippen molar-refractivity contribution in [3.63, 3.8) is 0 Å². The first-order chi connectivity index (χ1) is 8.66. The van der Waals surface area contributed by atoms with Crippen LogP contribution in [-0.4, -0.2) is 27.6 Å². The van der Waals surface area contributed by atoms with E-state index in [1.54, 1.807) is 13.8 Å². The summed E-state index contributed by atoms with van der Waals surface area (Å²) in [6, 6.07) is 4.12. The van der Waals surface area contributed by atoms with Gasteiger partial charge in [0.05, 0.1) is 16.6 Å². The molecule has 1 aromatic rings. The molecule has 0 saturated heterocycles. The number of halogens is 1. The number of aliphatic hydroxyl groups is 1. The molecule has 0 heterocycles. The van der Waals surface area contributed by atoms with E-state index in [0.717, 1.165) is 0 Å². The molecule has 0 aromatic heterocycles. The normalized spacial score (nSPS) is 12.9. The molecule has 0 spiro atoms. The van der Waals surface area contributed by atoms with Crippen molar-refractivity contribution < 1.29 is 14.8 Å². The molecule has 1 atom stereocenters. The number of hydrogen-bond donors (Lipinski definition) is 2. The highest BCUT2D eigenvalue weighted by Crippen LogP contribution is 2.28. The molecule has 0 aliphatic rings. The van der Waals surface area contributed by atoms with Gasteiger partial charge in [0, 0.05) is 0 Å². The summed E-state index contributed by atoms with van der Waals surface area (Å²) in [5, 5.41) is 22.9. The number of nitrogens with zero attached hydrogens (tertiary/aromatic N) is 1. The van der Waals surface area contributed by atoms with Gasteiger partial charge in [-0.1, -0.05) is 17.7 Å². The summed E-state index contributed by atoms with van der Waals surface area (Å²) in [6.07, 6.45) is -0.810. The van der Waals surface area contributed by atoms with Crippen LogP contribution in [0.1, 0.15) is 31.1 Å². The van der Waals surface area contributed by atoms with Gasteiger partial charge in [-0.05, 0) is 32.9 Å². The van der Waals surface area contributed by atoms with Gasteiger partial charge >= 0.3 is 5.69 Å². The molecule has 0 saturated carbocycles. The molecular weight excluding hydrogens is 272 g/mol. The Kier molecular flexibility index (Phi) is 4.49. The lowest BCUT2D eigenvalue weighted by molar-refractivity contribution is -0.385. The Morgan fingerprint density at radius 3 is 2.58 bits per heavy atom. The van der Waals surface area contributed by atoms with Gasteiger partial charge in [-0.3, -0.25) is 14.9 Å². The standard InChI is InChI=1S/C12H15ClN2O4/c1-7(16)12(2,3)14-11(17)8-5-4-6-9(13)10(8)15(18)19/h4-7,16H,1-3H3,(H,14,17). The van der Waals surface area contributed by atoms with Crippen LogP contribution in [0.3, 0.4) is 0 Å². The zero-order chi connectivity index (χ0) is 14.8. The van der Waals surface area contributed by atoms with E-state index in [4.69, 9.17) is 11.6 Å². The lowest BCUT2D eigenvalue weighted by atomic mass is 9.98. The summed E-state index contributed by atoms with van der Waals surface area (Å²) >= 11 is 5.73. The maximum atomic E-state index is 12.1. The van der Waals surface area contributed by atoms with Crippen molar-refractivity contribution in [2.45, 2.75) is 32.4 Å². The molecule has 0 aliphatic heterocycles. The van der Waals surface area contributed by atoms with Crippen molar-refractivity contribution in [1.29, 1.82) is 0 Å². The topological polar surface area (TPSA) is 92.5 Å². The number of aliphatic hydroxyl groups excluding tert-OH is 1. The molecule has 6 nitrogen and oxygen atoms in total. The molecule has 19 heavy (non-hydrogen) atoms. The van der Waals surface area contributed by atoms with E-state index in [-0.39, 0.29) is 10.6 Å². The highest BCUT2D eigenvalue weighted by Gasteiger charge is 2.30. The average molecular weight is 287 g/mol. The maximum Gasteiger partial charge on any atom is 0.300 e. The van der Waals surface area contributed by atoms with Gasteiger partial charge in [-0.15, -0.1) is 0 Å². The minimum atomic E-state index is -0.909. The first kappa shape index (κ1) is 15.4. The Morgan fingerprint density at radius 1 is 1.53 bits per heavy atom. The van der Waals surface area contributed by atoms with Crippen LogP contribution in [0.25, 0.3) is 0 Å². The van der Waals surface area contributed by atoms with Gasteiger partial charge in [0.1, 0.15) is 10.6 Å². The number of rotatable bonds is 4. The van der Waals surface area contributed by atoms with Crippen LogP contribution in [0.5, 0.6) is 0 Å². The zero-order valence-electron chi connectivity index (χ0n) is 10.8. The molecule has 104 valence electrons. The second-order valence-electron chi connectivity index (χ2n) is 4.74. The molecular formula is C12H15ClN2O4. The average Bonchev–Trinajstić information content (AvgIpc) is 2.27. The second kappa shape index (κ2) is 5.54. The molecule has 0 fully saturated rings. The number of carbonyl (C=O) groups excluding carboxylic acids is 1. The lowest BCUT2D eigenvalue weighted by Gasteiger charge is -2.29. The van der Waals surface area contributed by atoms with Gasteiger partial charge in [-0.2, -0.15) is 0 Å². The fourth-order valence-corrected chi connectivity index (χ4v) is 1.59. The number of carbonyl (C=O) groups is 1. The smallest absolute Gasteiger partial charge is 0.300 e. The summed E-state index contributed by atoms with van der Waals surface area (Å²) in [4.78, 5) is 22.3. The SMILES string of the molecule is CC(O)C(C)(C)NC(=O)c1cccc(Cl)c1[N+](=O)[O-]. The van der Waals surface area contributed by atoms with Crippen LogP contribution in [0, 0.1) is 10.1 Å². The minimum Gasteiger partial charge on any atom is -0.391 e. The molecule has 1 amide bonds. The second-order valence-corrected chi connectivity index (χ2v) is 5.15. The van der Waals surface area contributed by atoms with Crippen molar-refractivity contribution in [1.82, 2.24) is 5.32 Å². The van der Waals surface area contributed by atoms with Gasteiger partial charge in [-0.25, -0.2) is 0 Å². The highest BCUT2D eigenvalue weighted by atomic mass is 35.5. The maximum absolute atomic E-state index is 12.1. The zero-order valence-corrected chi connectivity index (χ0v) is 11.6. The third kappa shape index (κ3) is 3.42. The van der Waals surface area contributed by atoms with E-state index in [1.165, 1.54) is 25.1 Å². The van der Waals surface area contributed by atoms with Crippen molar-refractivity contribution >= 4 is 23.2 Å². The number of para-hydroxylation sites is 1. The fourth-order valence-electron chi connectivity index (χ4n) is 1.35. The molecule has 0 aliphatic carbocycles. The van der Waals surface area contributed by atoms with E-state index < -0.39 is 28.2 Å². The summed E-state index contributed by atoms with van der Waals surface area (Å²) < 4.78 is 0. The van der Waals surface area contributed by atoms with E-state index in [2.05, 4.69) is 5.32 Å². The van der Waals surface area contributed by atoms with Crippen molar-refractivity contribution in [3.05, 3.63) is 38.9 Å². The lowest BCUT2D eigenvalue weighted by Crippen LogP contribution is -2.51. The molecule has 1 rings (SSSR count). The van der Waals surface area contributed by atoms with Crippen LogP contribution >= 0.6 is 11.6 Å². The third-order valence-electron chi connectivity index (χ3n) is 2.89. The van der Waals surface area contributed by atoms with E-state index in [0.29, 0.717) is 0 Å². The first-order valence-corrected chi connectivity index (χ1v) is 5.98. The minimum absolute atomic E-state index is 0.104. The van der Waals surface area contributed by atoms with Crippen molar-refractivity contribution in [3.8, 4) is 0 Å². The molecule has 1 unspecified atom stereocenters. The first-order valence-electron chi connectivity index (χ1n) is 5.60. The van der Waals surface area contributed by atoms with Gasteiger partial charge in [0.25, 0.3) is 5.91 Å². The van der Waals surface area contributed by atoms with Crippen LogP contribution in [-0.2, 0) is 0 Å².